The van der Waals surface area contributed by atoms with E-state index in [9.17, 15) is 0 Å². The van der Waals surface area contributed by atoms with Crippen molar-refractivity contribution in [1.29, 1.82) is 0 Å². The molecule has 0 aromatic carbocycles. The molecule has 0 radical (unpaired) electrons. The van der Waals surface area contributed by atoms with E-state index in [1.807, 2.05) is 17.5 Å². The number of fused-ring (bicyclic) bond motifs is 1. The van der Waals surface area contributed by atoms with E-state index in [0.29, 0.717) is 0 Å². The molecule has 0 atom stereocenters. The summed E-state index contributed by atoms with van der Waals surface area (Å²) in [6.07, 6.45) is 4.13. The number of hydrogen-bond donors (Lipinski definition) is 1. The number of morpholine rings is 1. The first-order chi connectivity index (χ1) is 7.47. The van der Waals surface area contributed by atoms with Gasteiger partial charge in [0, 0.05) is 13.1 Å². The summed E-state index contributed by atoms with van der Waals surface area (Å²) in [4.78, 5) is 1.24. The van der Waals surface area contributed by atoms with Crippen LogP contribution in [0.15, 0.2) is 17.5 Å². The zero-order valence-electron chi connectivity index (χ0n) is 8.57. The number of rotatable bonds is 0. The highest BCUT2D eigenvalue weighted by Gasteiger charge is 2.03. The third-order valence-corrected chi connectivity index (χ3v) is 2.97. The van der Waals surface area contributed by atoms with Crippen LogP contribution in [0.3, 0.4) is 0 Å². The largest absolute Gasteiger partial charge is 0.488 e. The average molecular weight is 225 g/mol. The maximum atomic E-state index is 5.29. The normalized spacial score (nSPS) is 18.4. The molecule has 82 valence electrons. The van der Waals surface area contributed by atoms with Crippen LogP contribution in [0, 0.1) is 0 Å². The van der Waals surface area contributed by atoms with Crippen molar-refractivity contribution in [2.75, 3.05) is 32.9 Å². The van der Waals surface area contributed by atoms with Crippen molar-refractivity contribution in [3.05, 3.63) is 22.4 Å². The molecular weight excluding hydrogens is 210 g/mol. The maximum Gasteiger partial charge on any atom is 0.137 e. The van der Waals surface area contributed by atoms with Crippen LogP contribution in [-0.2, 0) is 4.74 Å². The fourth-order valence-corrected chi connectivity index (χ4v) is 2.11. The molecule has 0 aliphatic carbocycles. The van der Waals surface area contributed by atoms with Gasteiger partial charge >= 0.3 is 0 Å². The van der Waals surface area contributed by atoms with Crippen LogP contribution in [0.2, 0.25) is 0 Å². The minimum Gasteiger partial charge on any atom is -0.488 e. The SMILES string of the molecule is C1=Cc2sccc2OC1.C1COCCN1. The summed E-state index contributed by atoms with van der Waals surface area (Å²) < 4.78 is 10.3. The lowest BCUT2D eigenvalue weighted by Crippen LogP contribution is -2.30. The Morgan fingerprint density at radius 2 is 2.13 bits per heavy atom. The minimum atomic E-state index is 0.726. The third-order valence-electron chi connectivity index (χ3n) is 2.11. The van der Waals surface area contributed by atoms with Gasteiger partial charge < -0.3 is 14.8 Å². The molecule has 3 nitrogen and oxygen atoms in total. The second-order valence-electron chi connectivity index (χ2n) is 3.22. The van der Waals surface area contributed by atoms with Gasteiger partial charge in [-0.3, -0.25) is 0 Å². The van der Waals surface area contributed by atoms with Gasteiger partial charge in [0.1, 0.15) is 12.4 Å². The molecule has 1 fully saturated rings. The maximum absolute atomic E-state index is 5.29. The van der Waals surface area contributed by atoms with E-state index in [2.05, 4.69) is 11.4 Å². The Balaban J connectivity index is 0.000000124. The summed E-state index contributed by atoms with van der Waals surface area (Å²) in [7, 11) is 0. The summed E-state index contributed by atoms with van der Waals surface area (Å²) in [5.41, 5.74) is 0. The number of ether oxygens (including phenoxy) is 2. The molecular formula is C11H15NO2S. The van der Waals surface area contributed by atoms with E-state index in [1.165, 1.54) is 4.88 Å². The molecule has 3 heterocycles. The first kappa shape index (κ1) is 10.7. The summed E-state index contributed by atoms with van der Waals surface area (Å²) in [5, 5.41) is 5.20. The van der Waals surface area contributed by atoms with Crippen LogP contribution in [0.1, 0.15) is 4.88 Å². The van der Waals surface area contributed by atoms with Crippen molar-refractivity contribution >= 4 is 17.4 Å². The van der Waals surface area contributed by atoms with E-state index in [1.54, 1.807) is 11.3 Å². The van der Waals surface area contributed by atoms with Gasteiger partial charge in [-0.25, -0.2) is 0 Å². The molecule has 1 N–H and O–H groups in total. The van der Waals surface area contributed by atoms with Crippen molar-refractivity contribution < 1.29 is 9.47 Å². The lowest BCUT2D eigenvalue weighted by Gasteiger charge is -2.10. The Hall–Kier alpha value is -0.840. The van der Waals surface area contributed by atoms with E-state index in [-0.39, 0.29) is 0 Å². The minimum absolute atomic E-state index is 0.726. The second kappa shape index (κ2) is 5.90. The monoisotopic (exact) mass is 225 g/mol. The standard InChI is InChI=1S/C7H6OS.C4H9NO/c1-2-7-6(8-4-1)3-5-9-7;1-3-6-4-2-5-1/h1-3,5H,4H2;5H,1-4H2. The fourth-order valence-electron chi connectivity index (χ4n) is 1.36. The molecule has 1 aromatic heterocycles. The first-order valence-electron chi connectivity index (χ1n) is 5.12. The zero-order valence-corrected chi connectivity index (χ0v) is 9.39. The number of thiophene rings is 1. The van der Waals surface area contributed by atoms with Crippen LogP contribution in [0.4, 0.5) is 0 Å². The van der Waals surface area contributed by atoms with E-state index in [4.69, 9.17) is 9.47 Å². The average Bonchev–Trinajstić information content (AvgIpc) is 2.80. The van der Waals surface area contributed by atoms with Gasteiger partial charge in [-0.1, -0.05) is 0 Å². The molecule has 1 saturated heterocycles. The molecule has 0 spiro atoms. The summed E-state index contributed by atoms with van der Waals surface area (Å²) >= 11 is 1.71. The Morgan fingerprint density at radius 1 is 1.27 bits per heavy atom. The third kappa shape index (κ3) is 3.34. The van der Waals surface area contributed by atoms with Crippen LogP contribution in [-0.4, -0.2) is 32.9 Å². The summed E-state index contributed by atoms with van der Waals surface area (Å²) in [5.74, 6) is 1.03. The van der Waals surface area contributed by atoms with Crippen molar-refractivity contribution in [2.24, 2.45) is 0 Å². The van der Waals surface area contributed by atoms with Crippen molar-refractivity contribution in [1.82, 2.24) is 5.32 Å². The highest BCUT2D eigenvalue weighted by atomic mass is 32.1. The molecule has 0 saturated carbocycles. The molecule has 3 rings (SSSR count). The van der Waals surface area contributed by atoms with Crippen LogP contribution in [0.25, 0.3) is 6.08 Å². The molecule has 2 aliphatic rings. The van der Waals surface area contributed by atoms with Gasteiger partial charge in [0.05, 0.1) is 18.1 Å². The van der Waals surface area contributed by atoms with Gasteiger partial charge in [0.2, 0.25) is 0 Å². The Bertz CT molecular complexity index is 307. The molecule has 0 unspecified atom stereocenters. The second-order valence-corrected chi connectivity index (χ2v) is 4.17. The van der Waals surface area contributed by atoms with Crippen LogP contribution < -0.4 is 10.1 Å². The summed E-state index contributed by atoms with van der Waals surface area (Å²) in [6, 6.07) is 2.00. The topological polar surface area (TPSA) is 30.5 Å². The smallest absolute Gasteiger partial charge is 0.137 e. The predicted octanol–water partition coefficient (Wildman–Crippen LogP) is 1.76. The Morgan fingerprint density at radius 3 is 2.73 bits per heavy atom. The van der Waals surface area contributed by atoms with Gasteiger partial charge in [-0.05, 0) is 23.6 Å². The van der Waals surface area contributed by atoms with Gasteiger partial charge in [0.15, 0.2) is 0 Å². The van der Waals surface area contributed by atoms with Crippen molar-refractivity contribution in [3.8, 4) is 5.75 Å². The summed E-state index contributed by atoms with van der Waals surface area (Å²) in [6.45, 7) is 4.56. The van der Waals surface area contributed by atoms with Crippen LogP contribution >= 0.6 is 11.3 Å². The Labute approximate surface area is 93.7 Å². The van der Waals surface area contributed by atoms with Gasteiger partial charge in [-0.15, -0.1) is 11.3 Å². The lowest BCUT2D eigenvalue weighted by molar-refractivity contribution is 0.109. The molecule has 4 heteroatoms. The molecule has 0 bridgehead atoms. The van der Waals surface area contributed by atoms with Gasteiger partial charge in [-0.2, -0.15) is 0 Å². The predicted molar refractivity (Wildman–Crippen MR) is 62.5 cm³/mol. The molecule has 2 aliphatic heterocycles. The van der Waals surface area contributed by atoms with E-state index in [0.717, 1.165) is 38.7 Å². The van der Waals surface area contributed by atoms with E-state index < -0.39 is 0 Å². The first-order valence-corrected chi connectivity index (χ1v) is 6.00. The van der Waals surface area contributed by atoms with E-state index >= 15 is 0 Å². The van der Waals surface area contributed by atoms with Crippen molar-refractivity contribution in [2.45, 2.75) is 0 Å². The fraction of sp³-hybridized carbons (Fsp3) is 0.455. The Kier molecular flexibility index (Phi) is 4.20. The highest BCUT2D eigenvalue weighted by molar-refractivity contribution is 7.11. The molecule has 15 heavy (non-hydrogen) atoms. The molecule has 1 aromatic rings. The number of hydrogen-bond acceptors (Lipinski definition) is 4. The quantitative estimate of drug-likeness (QED) is 0.730. The van der Waals surface area contributed by atoms with Gasteiger partial charge in [0.25, 0.3) is 0 Å². The number of nitrogens with one attached hydrogen (secondary N) is 1. The van der Waals surface area contributed by atoms with Crippen molar-refractivity contribution in [3.63, 3.8) is 0 Å². The van der Waals surface area contributed by atoms with Crippen LogP contribution in [0.5, 0.6) is 5.75 Å². The lowest BCUT2D eigenvalue weighted by atomic mass is 10.3. The zero-order chi connectivity index (χ0) is 10.3. The highest BCUT2D eigenvalue weighted by Crippen LogP contribution is 2.28. The molecule has 0 amide bonds.